The smallest absolute Gasteiger partial charge is 0.00771 e. The summed E-state index contributed by atoms with van der Waals surface area (Å²) in [5.74, 6) is 0. The van der Waals surface area contributed by atoms with E-state index in [1.165, 1.54) is 32.1 Å². The summed E-state index contributed by atoms with van der Waals surface area (Å²) in [5, 5.41) is 0. The average molecular weight is 203 g/mol. The van der Waals surface area contributed by atoms with Crippen molar-refractivity contribution in [2.75, 3.05) is 6.54 Å². The van der Waals surface area contributed by atoms with Crippen molar-refractivity contribution in [3.05, 3.63) is 35.4 Å². The number of benzene rings is 1. The van der Waals surface area contributed by atoms with E-state index < -0.39 is 0 Å². The van der Waals surface area contributed by atoms with E-state index in [1.54, 1.807) is 11.1 Å². The van der Waals surface area contributed by atoms with Crippen molar-refractivity contribution in [1.82, 2.24) is 0 Å². The lowest BCUT2D eigenvalue weighted by atomic mass is 9.70. The van der Waals surface area contributed by atoms with Crippen LogP contribution in [-0.4, -0.2) is 6.54 Å². The Labute approximate surface area is 92.7 Å². The fourth-order valence-electron chi connectivity index (χ4n) is 2.70. The van der Waals surface area contributed by atoms with Gasteiger partial charge in [0.25, 0.3) is 0 Å². The molecule has 82 valence electrons. The van der Waals surface area contributed by atoms with Gasteiger partial charge in [0.05, 0.1) is 0 Å². The van der Waals surface area contributed by atoms with E-state index in [0.717, 1.165) is 6.54 Å². The molecule has 1 aliphatic carbocycles. The third-order valence-electron chi connectivity index (χ3n) is 3.72. The summed E-state index contributed by atoms with van der Waals surface area (Å²) < 4.78 is 0. The Kier molecular flexibility index (Phi) is 3.11. The van der Waals surface area contributed by atoms with Crippen LogP contribution in [0.15, 0.2) is 24.3 Å². The van der Waals surface area contributed by atoms with Gasteiger partial charge in [0.1, 0.15) is 0 Å². The van der Waals surface area contributed by atoms with Gasteiger partial charge in [-0.25, -0.2) is 0 Å². The van der Waals surface area contributed by atoms with E-state index in [1.807, 2.05) is 0 Å². The zero-order valence-corrected chi connectivity index (χ0v) is 9.63. The highest BCUT2D eigenvalue weighted by molar-refractivity contribution is 5.30. The highest BCUT2D eigenvalue weighted by atomic mass is 14.5. The molecule has 1 aromatic carbocycles. The van der Waals surface area contributed by atoms with Gasteiger partial charge in [0, 0.05) is 0 Å². The predicted octanol–water partition coefficient (Wildman–Crippen LogP) is 2.92. The van der Waals surface area contributed by atoms with Crippen molar-refractivity contribution in [3.63, 3.8) is 0 Å². The topological polar surface area (TPSA) is 26.0 Å². The number of rotatable bonds is 3. The molecule has 0 radical (unpaired) electrons. The molecule has 1 aromatic rings. The Hall–Kier alpha value is -0.820. The summed E-state index contributed by atoms with van der Waals surface area (Å²) in [5.41, 5.74) is 9.21. The van der Waals surface area contributed by atoms with Crippen molar-refractivity contribution in [1.29, 1.82) is 0 Å². The molecule has 2 N–H and O–H groups in total. The van der Waals surface area contributed by atoms with Crippen LogP contribution in [-0.2, 0) is 12.8 Å². The fraction of sp³-hybridized carbons (Fsp3) is 0.571. The lowest BCUT2D eigenvalue weighted by molar-refractivity contribution is 0.251. The Morgan fingerprint density at radius 1 is 1.27 bits per heavy atom. The van der Waals surface area contributed by atoms with Gasteiger partial charge in [0.15, 0.2) is 0 Å². The highest BCUT2D eigenvalue weighted by Gasteiger charge is 2.28. The standard InChI is InChI=1S/C14H21N/c1-14(8-4-10-15)9-7-12-5-2-3-6-13(12)11-14/h2-3,5-6H,4,7-11,15H2,1H3. The molecule has 1 aliphatic rings. The van der Waals surface area contributed by atoms with Gasteiger partial charge in [-0.2, -0.15) is 0 Å². The minimum atomic E-state index is 0.494. The lowest BCUT2D eigenvalue weighted by Crippen LogP contribution is -2.26. The largest absolute Gasteiger partial charge is 0.330 e. The molecule has 0 amide bonds. The zero-order valence-electron chi connectivity index (χ0n) is 9.63. The summed E-state index contributed by atoms with van der Waals surface area (Å²) in [7, 11) is 0. The molecule has 15 heavy (non-hydrogen) atoms. The van der Waals surface area contributed by atoms with Crippen molar-refractivity contribution in [2.24, 2.45) is 11.1 Å². The predicted molar refractivity (Wildman–Crippen MR) is 64.9 cm³/mol. The minimum Gasteiger partial charge on any atom is -0.330 e. The van der Waals surface area contributed by atoms with Crippen LogP contribution in [0.3, 0.4) is 0 Å². The van der Waals surface area contributed by atoms with Gasteiger partial charge >= 0.3 is 0 Å². The van der Waals surface area contributed by atoms with Crippen molar-refractivity contribution < 1.29 is 0 Å². The first-order chi connectivity index (χ1) is 7.23. The van der Waals surface area contributed by atoms with E-state index in [4.69, 9.17) is 5.73 Å². The van der Waals surface area contributed by atoms with E-state index in [0.29, 0.717) is 5.41 Å². The molecule has 0 spiro atoms. The maximum atomic E-state index is 5.60. The summed E-state index contributed by atoms with van der Waals surface area (Å²) in [6.45, 7) is 3.25. The molecule has 0 saturated carbocycles. The molecule has 0 aliphatic heterocycles. The molecule has 1 atom stereocenters. The first kappa shape index (κ1) is 10.7. The van der Waals surface area contributed by atoms with Gasteiger partial charge in [-0.05, 0) is 55.2 Å². The second-order valence-electron chi connectivity index (χ2n) is 5.15. The SMILES string of the molecule is CC1(CCCN)CCc2ccccc2C1. The maximum absolute atomic E-state index is 5.60. The van der Waals surface area contributed by atoms with Gasteiger partial charge < -0.3 is 5.73 Å². The van der Waals surface area contributed by atoms with Crippen molar-refractivity contribution in [3.8, 4) is 0 Å². The van der Waals surface area contributed by atoms with Crippen molar-refractivity contribution >= 4 is 0 Å². The molecule has 0 bridgehead atoms. The van der Waals surface area contributed by atoms with E-state index >= 15 is 0 Å². The van der Waals surface area contributed by atoms with Gasteiger partial charge in [0.2, 0.25) is 0 Å². The molecule has 1 unspecified atom stereocenters. The first-order valence-electron chi connectivity index (χ1n) is 6.00. The molecule has 0 aromatic heterocycles. The molecule has 0 saturated heterocycles. The van der Waals surface area contributed by atoms with Crippen LogP contribution in [0.5, 0.6) is 0 Å². The molecule has 1 nitrogen and oxygen atoms in total. The first-order valence-corrected chi connectivity index (χ1v) is 6.00. The molecular formula is C14H21N. The normalized spacial score (nSPS) is 24.9. The lowest BCUT2D eigenvalue weighted by Gasteiger charge is -2.35. The molecule has 2 rings (SSSR count). The summed E-state index contributed by atoms with van der Waals surface area (Å²) in [6.07, 6.45) is 6.25. The van der Waals surface area contributed by atoms with Crippen LogP contribution in [0.1, 0.15) is 37.3 Å². The number of hydrogen-bond donors (Lipinski definition) is 1. The maximum Gasteiger partial charge on any atom is -0.00771 e. The zero-order chi connectivity index (χ0) is 10.7. The summed E-state index contributed by atoms with van der Waals surface area (Å²) in [4.78, 5) is 0. The molecule has 0 heterocycles. The van der Waals surface area contributed by atoms with Crippen LogP contribution >= 0.6 is 0 Å². The summed E-state index contributed by atoms with van der Waals surface area (Å²) in [6, 6.07) is 8.88. The van der Waals surface area contributed by atoms with Gasteiger partial charge in [-0.3, -0.25) is 0 Å². The summed E-state index contributed by atoms with van der Waals surface area (Å²) >= 11 is 0. The number of hydrogen-bond acceptors (Lipinski definition) is 1. The molecule has 1 heteroatoms. The number of fused-ring (bicyclic) bond motifs is 1. The minimum absolute atomic E-state index is 0.494. The van der Waals surface area contributed by atoms with E-state index in [-0.39, 0.29) is 0 Å². The van der Waals surface area contributed by atoms with Crippen LogP contribution in [0.2, 0.25) is 0 Å². The van der Waals surface area contributed by atoms with Crippen LogP contribution in [0.25, 0.3) is 0 Å². The molecular weight excluding hydrogens is 182 g/mol. The third kappa shape index (κ3) is 2.40. The van der Waals surface area contributed by atoms with E-state index in [2.05, 4.69) is 31.2 Å². The van der Waals surface area contributed by atoms with Crippen LogP contribution in [0, 0.1) is 5.41 Å². The number of nitrogens with two attached hydrogens (primary N) is 1. The van der Waals surface area contributed by atoms with E-state index in [9.17, 15) is 0 Å². The highest BCUT2D eigenvalue weighted by Crippen LogP contribution is 2.38. The second kappa shape index (κ2) is 4.36. The van der Waals surface area contributed by atoms with Crippen LogP contribution in [0.4, 0.5) is 0 Å². The van der Waals surface area contributed by atoms with Crippen LogP contribution < -0.4 is 5.73 Å². The Balaban J connectivity index is 2.10. The Bertz CT molecular complexity index is 332. The molecule has 0 fully saturated rings. The van der Waals surface area contributed by atoms with Crippen molar-refractivity contribution in [2.45, 2.75) is 39.0 Å². The van der Waals surface area contributed by atoms with Gasteiger partial charge in [-0.15, -0.1) is 0 Å². The fourth-order valence-corrected chi connectivity index (χ4v) is 2.70. The Morgan fingerprint density at radius 2 is 2.00 bits per heavy atom. The Morgan fingerprint density at radius 3 is 2.73 bits per heavy atom. The quantitative estimate of drug-likeness (QED) is 0.803. The third-order valence-corrected chi connectivity index (χ3v) is 3.72. The monoisotopic (exact) mass is 203 g/mol. The second-order valence-corrected chi connectivity index (χ2v) is 5.15. The number of aryl methyl sites for hydroxylation is 1. The van der Waals surface area contributed by atoms with Gasteiger partial charge in [-0.1, -0.05) is 31.2 Å². The average Bonchev–Trinajstić information content (AvgIpc) is 2.26.